The summed E-state index contributed by atoms with van der Waals surface area (Å²) in [6, 6.07) is 0. The zero-order valence-electron chi connectivity index (χ0n) is 11.4. The molecule has 2 aromatic rings. The van der Waals surface area contributed by atoms with Crippen LogP contribution in [0.5, 0.6) is 0 Å². The van der Waals surface area contributed by atoms with Gasteiger partial charge in [0.25, 0.3) is 5.89 Å². The molecule has 6 nitrogen and oxygen atoms in total. The number of nitrogens with zero attached hydrogens (tertiary/aromatic N) is 3. The number of hydrogen-bond donors (Lipinski definition) is 1. The van der Waals surface area contributed by atoms with Crippen molar-refractivity contribution in [3.8, 4) is 11.6 Å². The smallest absolute Gasteiger partial charge is 0.278 e. The third-order valence-electron chi connectivity index (χ3n) is 4.16. The van der Waals surface area contributed by atoms with E-state index in [-0.39, 0.29) is 6.10 Å². The Hall–Kier alpha value is -1.69. The first-order chi connectivity index (χ1) is 9.90. The number of aromatic nitrogens is 4. The summed E-state index contributed by atoms with van der Waals surface area (Å²) in [5.41, 5.74) is 3.32. The molecule has 0 aromatic carbocycles. The monoisotopic (exact) mass is 274 g/mol. The molecule has 0 saturated carbocycles. The molecule has 1 aliphatic heterocycles. The van der Waals surface area contributed by atoms with Gasteiger partial charge in [-0.1, -0.05) is 5.16 Å². The van der Waals surface area contributed by atoms with E-state index >= 15 is 0 Å². The van der Waals surface area contributed by atoms with Crippen molar-refractivity contribution in [2.24, 2.45) is 0 Å². The molecule has 3 heterocycles. The van der Waals surface area contributed by atoms with Crippen molar-refractivity contribution in [3.63, 3.8) is 0 Å². The van der Waals surface area contributed by atoms with Crippen LogP contribution in [0.25, 0.3) is 11.6 Å². The highest BCUT2D eigenvalue weighted by atomic mass is 16.5. The van der Waals surface area contributed by atoms with Gasteiger partial charge in [-0.05, 0) is 38.5 Å². The molecular formula is C14H18N4O2. The number of aromatic amines is 1. The van der Waals surface area contributed by atoms with Crippen molar-refractivity contribution in [1.82, 2.24) is 20.3 Å². The second-order valence-corrected chi connectivity index (χ2v) is 5.59. The van der Waals surface area contributed by atoms with E-state index in [1.807, 2.05) is 0 Å². The standard InChI is InChI=1S/C14H18N4O2/c1-2-6-11-10(5-1)13(17-16-11)14-15-12(18-20-14)8-9-4-3-7-19-9/h9H,1-8H2,(H,16,17)/t9-/m0/s1. The highest BCUT2D eigenvalue weighted by molar-refractivity contribution is 5.54. The largest absolute Gasteiger partial charge is 0.378 e. The maximum atomic E-state index is 5.60. The SMILES string of the molecule is C1CCc2c(-c3nc(C[C@@H]4CCCO4)no3)n[nH]c2C1. The van der Waals surface area contributed by atoms with Crippen molar-refractivity contribution in [3.05, 3.63) is 17.1 Å². The van der Waals surface area contributed by atoms with Crippen molar-refractivity contribution in [2.45, 2.75) is 51.0 Å². The number of rotatable bonds is 3. The maximum Gasteiger partial charge on any atom is 0.278 e. The van der Waals surface area contributed by atoms with Crippen LogP contribution >= 0.6 is 0 Å². The van der Waals surface area contributed by atoms with Crippen LogP contribution in [-0.4, -0.2) is 33.0 Å². The van der Waals surface area contributed by atoms with Gasteiger partial charge in [-0.2, -0.15) is 10.1 Å². The first-order valence-corrected chi connectivity index (χ1v) is 7.41. The Kier molecular flexibility index (Phi) is 3.03. The van der Waals surface area contributed by atoms with Crippen LogP contribution in [0.4, 0.5) is 0 Å². The molecule has 2 aliphatic rings. The second kappa shape index (κ2) is 5.01. The Bertz CT molecular complexity index is 598. The average molecular weight is 274 g/mol. The van der Waals surface area contributed by atoms with Crippen molar-refractivity contribution in [2.75, 3.05) is 6.61 Å². The Morgan fingerprint density at radius 2 is 2.15 bits per heavy atom. The first kappa shape index (κ1) is 12.1. The van der Waals surface area contributed by atoms with E-state index in [4.69, 9.17) is 9.26 Å². The molecule has 0 unspecified atom stereocenters. The second-order valence-electron chi connectivity index (χ2n) is 5.59. The zero-order chi connectivity index (χ0) is 13.4. The van der Waals surface area contributed by atoms with Crippen LogP contribution in [0.1, 0.15) is 42.8 Å². The lowest BCUT2D eigenvalue weighted by atomic mass is 9.96. The van der Waals surface area contributed by atoms with Gasteiger partial charge in [0.15, 0.2) is 11.5 Å². The summed E-state index contributed by atoms with van der Waals surface area (Å²) >= 11 is 0. The molecule has 1 fully saturated rings. The fourth-order valence-electron chi connectivity index (χ4n) is 3.10. The van der Waals surface area contributed by atoms with Gasteiger partial charge in [0.1, 0.15) is 0 Å². The van der Waals surface area contributed by atoms with E-state index in [1.165, 1.54) is 24.1 Å². The normalized spacial score (nSPS) is 22.1. The van der Waals surface area contributed by atoms with Gasteiger partial charge >= 0.3 is 0 Å². The van der Waals surface area contributed by atoms with E-state index in [2.05, 4.69) is 20.3 Å². The topological polar surface area (TPSA) is 76.8 Å². The molecule has 106 valence electrons. The summed E-state index contributed by atoms with van der Waals surface area (Å²) in [4.78, 5) is 4.48. The lowest BCUT2D eigenvalue weighted by Gasteiger charge is -2.09. The number of fused-ring (bicyclic) bond motifs is 1. The predicted molar refractivity (Wildman–Crippen MR) is 71.2 cm³/mol. The number of hydrogen-bond acceptors (Lipinski definition) is 5. The third kappa shape index (κ3) is 2.14. The van der Waals surface area contributed by atoms with E-state index in [9.17, 15) is 0 Å². The van der Waals surface area contributed by atoms with Gasteiger partial charge in [-0.15, -0.1) is 0 Å². The molecule has 1 aliphatic carbocycles. The Balaban J connectivity index is 1.56. The molecule has 6 heteroatoms. The Labute approximate surface area is 116 Å². The van der Waals surface area contributed by atoms with Crippen LogP contribution in [0, 0.1) is 0 Å². The fraction of sp³-hybridized carbons (Fsp3) is 0.643. The van der Waals surface area contributed by atoms with E-state index in [0.717, 1.165) is 50.2 Å². The van der Waals surface area contributed by atoms with Crippen LogP contribution in [0.3, 0.4) is 0 Å². The maximum absolute atomic E-state index is 5.60. The Morgan fingerprint density at radius 1 is 1.20 bits per heavy atom. The zero-order valence-corrected chi connectivity index (χ0v) is 11.4. The summed E-state index contributed by atoms with van der Waals surface area (Å²) in [6.45, 7) is 0.849. The molecular weight excluding hydrogens is 256 g/mol. The Morgan fingerprint density at radius 3 is 3.05 bits per heavy atom. The van der Waals surface area contributed by atoms with Gasteiger partial charge in [0.05, 0.1) is 6.10 Å². The molecule has 0 bridgehead atoms. The number of H-pyrrole nitrogens is 1. The number of ether oxygens (including phenoxy) is 1. The van der Waals surface area contributed by atoms with Crippen molar-refractivity contribution >= 4 is 0 Å². The molecule has 0 radical (unpaired) electrons. The minimum Gasteiger partial charge on any atom is -0.378 e. The summed E-state index contributed by atoms with van der Waals surface area (Å²) in [7, 11) is 0. The van der Waals surface area contributed by atoms with Crippen LogP contribution < -0.4 is 0 Å². The summed E-state index contributed by atoms with van der Waals surface area (Å²) in [6.07, 6.45) is 7.73. The lowest BCUT2D eigenvalue weighted by molar-refractivity contribution is 0.109. The average Bonchev–Trinajstić information content (AvgIpc) is 3.18. The van der Waals surface area contributed by atoms with E-state index < -0.39 is 0 Å². The quantitative estimate of drug-likeness (QED) is 0.927. The first-order valence-electron chi connectivity index (χ1n) is 7.41. The summed E-state index contributed by atoms with van der Waals surface area (Å²) in [5, 5.41) is 11.5. The molecule has 1 atom stereocenters. The van der Waals surface area contributed by atoms with Gasteiger partial charge in [-0.3, -0.25) is 5.10 Å². The van der Waals surface area contributed by atoms with Crippen LogP contribution in [0.2, 0.25) is 0 Å². The van der Waals surface area contributed by atoms with Crippen molar-refractivity contribution < 1.29 is 9.26 Å². The third-order valence-corrected chi connectivity index (χ3v) is 4.16. The predicted octanol–water partition coefficient (Wildman–Crippen LogP) is 2.06. The highest BCUT2D eigenvalue weighted by Crippen LogP contribution is 2.28. The van der Waals surface area contributed by atoms with Crippen LogP contribution in [0.15, 0.2) is 4.52 Å². The van der Waals surface area contributed by atoms with E-state index in [0.29, 0.717) is 5.89 Å². The highest BCUT2D eigenvalue weighted by Gasteiger charge is 2.23. The molecule has 0 spiro atoms. The molecule has 20 heavy (non-hydrogen) atoms. The molecule has 0 amide bonds. The van der Waals surface area contributed by atoms with Gasteiger partial charge < -0.3 is 9.26 Å². The molecule has 1 saturated heterocycles. The van der Waals surface area contributed by atoms with Crippen molar-refractivity contribution in [1.29, 1.82) is 0 Å². The fourth-order valence-corrected chi connectivity index (χ4v) is 3.10. The van der Waals surface area contributed by atoms with Crippen LogP contribution in [-0.2, 0) is 24.0 Å². The minimum absolute atomic E-state index is 0.244. The molecule has 2 aromatic heterocycles. The number of nitrogens with one attached hydrogen (secondary N) is 1. The van der Waals surface area contributed by atoms with E-state index in [1.54, 1.807) is 0 Å². The lowest BCUT2D eigenvalue weighted by Crippen LogP contribution is -2.09. The molecule has 1 N–H and O–H groups in total. The summed E-state index contributed by atoms with van der Waals surface area (Å²) < 4.78 is 11.0. The minimum atomic E-state index is 0.244. The van der Waals surface area contributed by atoms with Gasteiger partial charge in [-0.25, -0.2) is 0 Å². The van der Waals surface area contributed by atoms with Gasteiger partial charge in [0.2, 0.25) is 0 Å². The molecule has 4 rings (SSSR count). The number of aryl methyl sites for hydroxylation is 1. The summed E-state index contributed by atoms with van der Waals surface area (Å²) in [5.74, 6) is 1.26. The van der Waals surface area contributed by atoms with Gasteiger partial charge in [0, 0.05) is 24.3 Å².